The molecule has 2 aromatic rings. The number of nitrogens with one attached hydrogen (secondary N) is 1. The molecule has 20 heavy (non-hydrogen) atoms. The van der Waals surface area contributed by atoms with Crippen molar-refractivity contribution in [3.8, 4) is 11.8 Å². The number of benzene rings is 2. The molecule has 0 aliphatic heterocycles. The maximum absolute atomic E-state index is 13.8. The van der Waals surface area contributed by atoms with Gasteiger partial charge in [0.2, 0.25) is 0 Å². The highest BCUT2D eigenvalue weighted by molar-refractivity contribution is 5.56. The summed E-state index contributed by atoms with van der Waals surface area (Å²) in [6, 6.07) is 13.9. The topological polar surface area (TPSA) is 45.0 Å². The molecule has 0 saturated heterocycles. The van der Waals surface area contributed by atoms with E-state index in [0.29, 0.717) is 24.3 Å². The van der Waals surface area contributed by atoms with Crippen molar-refractivity contribution < 1.29 is 9.13 Å². The lowest BCUT2D eigenvalue weighted by molar-refractivity contribution is 0.341. The van der Waals surface area contributed by atoms with Crippen molar-refractivity contribution >= 4 is 5.69 Å². The molecule has 102 valence electrons. The van der Waals surface area contributed by atoms with Crippen LogP contribution in [0.5, 0.6) is 5.75 Å². The first-order valence-corrected chi connectivity index (χ1v) is 6.38. The van der Waals surface area contributed by atoms with Gasteiger partial charge in [0.25, 0.3) is 0 Å². The lowest BCUT2D eigenvalue weighted by Crippen LogP contribution is -2.04. The highest BCUT2D eigenvalue weighted by Gasteiger charge is 2.06. The zero-order valence-corrected chi connectivity index (χ0v) is 11.2. The molecular formula is C16H15FN2O. The normalized spacial score (nSPS) is 9.85. The molecule has 0 aromatic heterocycles. The van der Waals surface area contributed by atoms with Crippen LogP contribution in [0.15, 0.2) is 42.5 Å². The van der Waals surface area contributed by atoms with Gasteiger partial charge >= 0.3 is 0 Å². The summed E-state index contributed by atoms with van der Waals surface area (Å²) in [6.45, 7) is 2.82. The molecule has 0 fully saturated rings. The van der Waals surface area contributed by atoms with E-state index in [4.69, 9.17) is 10.00 Å². The molecule has 0 aliphatic carbocycles. The van der Waals surface area contributed by atoms with Crippen LogP contribution in [0.3, 0.4) is 0 Å². The van der Waals surface area contributed by atoms with Gasteiger partial charge in [0.15, 0.2) is 0 Å². The molecule has 2 aromatic carbocycles. The van der Waals surface area contributed by atoms with Gasteiger partial charge in [0.05, 0.1) is 23.9 Å². The van der Waals surface area contributed by atoms with E-state index in [1.165, 1.54) is 6.07 Å². The summed E-state index contributed by atoms with van der Waals surface area (Å²) in [5.74, 6) is 0.356. The molecule has 0 atom stereocenters. The predicted molar refractivity (Wildman–Crippen MR) is 76.1 cm³/mol. The Balaban J connectivity index is 2.11. The Morgan fingerprint density at radius 2 is 2.05 bits per heavy atom. The molecular weight excluding hydrogens is 255 g/mol. The molecule has 2 rings (SSSR count). The van der Waals surface area contributed by atoms with E-state index in [1.807, 2.05) is 37.3 Å². The summed E-state index contributed by atoms with van der Waals surface area (Å²) in [4.78, 5) is 0. The molecule has 3 nitrogen and oxygen atoms in total. The third-order valence-corrected chi connectivity index (χ3v) is 2.84. The lowest BCUT2D eigenvalue weighted by Gasteiger charge is -2.12. The smallest absolute Gasteiger partial charge is 0.142 e. The third-order valence-electron chi connectivity index (χ3n) is 2.84. The van der Waals surface area contributed by atoms with Crippen LogP contribution in [0.25, 0.3) is 0 Å². The average Bonchev–Trinajstić information content (AvgIpc) is 2.47. The number of hydrogen-bond acceptors (Lipinski definition) is 3. The van der Waals surface area contributed by atoms with Crippen LogP contribution in [0.2, 0.25) is 0 Å². The second-order valence-electron chi connectivity index (χ2n) is 4.20. The molecule has 0 radical (unpaired) electrons. The zero-order chi connectivity index (χ0) is 14.4. The Labute approximate surface area is 117 Å². The van der Waals surface area contributed by atoms with Crippen molar-refractivity contribution in [3.63, 3.8) is 0 Å². The van der Waals surface area contributed by atoms with E-state index < -0.39 is 0 Å². The van der Waals surface area contributed by atoms with Crippen molar-refractivity contribution in [2.24, 2.45) is 0 Å². The number of para-hydroxylation sites is 2. The number of nitrogens with zero attached hydrogens (tertiary/aromatic N) is 1. The fourth-order valence-corrected chi connectivity index (χ4v) is 1.84. The fraction of sp³-hybridized carbons (Fsp3) is 0.188. The molecule has 0 heterocycles. The van der Waals surface area contributed by atoms with Crippen molar-refractivity contribution in [1.82, 2.24) is 0 Å². The summed E-state index contributed by atoms with van der Waals surface area (Å²) in [5.41, 5.74) is 1.65. The monoisotopic (exact) mass is 270 g/mol. The minimum Gasteiger partial charge on any atom is -0.492 e. The van der Waals surface area contributed by atoms with Gasteiger partial charge in [0.1, 0.15) is 11.6 Å². The number of rotatable bonds is 5. The first-order valence-electron chi connectivity index (χ1n) is 6.38. The predicted octanol–water partition coefficient (Wildman–Crippen LogP) is 3.71. The molecule has 0 spiro atoms. The van der Waals surface area contributed by atoms with Crippen LogP contribution < -0.4 is 10.1 Å². The van der Waals surface area contributed by atoms with E-state index in [-0.39, 0.29) is 5.82 Å². The van der Waals surface area contributed by atoms with Gasteiger partial charge in [-0.05, 0) is 31.2 Å². The van der Waals surface area contributed by atoms with Crippen molar-refractivity contribution in [3.05, 3.63) is 59.4 Å². The van der Waals surface area contributed by atoms with Gasteiger partial charge in [0, 0.05) is 12.1 Å². The second kappa shape index (κ2) is 6.58. The Hall–Kier alpha value is -2.54. The summed E-state index contributed by atoms with van der Waals surface area (Å²) in [7, 11) is 0. The van der Waals surface area contributed by atoms with E-state index in [9.17, 15) is 4.39 Å². The minimum absolute atomic E-state index is 0.320. The first-order chi connectivity index (χ1) is 9.74. The van der Waals surface area contributed by atoms with Crippen LogP contribution in [0, 0.1) is 17.1 Å². The van der Waals surface area contributed by atoms with E-state index in [0.717, 1.165) is 11.4 Å². The number of hydrogen-bond donors (Lipinski definition) is 1. The molecule has 0 aliphatic rings. The van der Waals surface area contributed by atoms with Crippen molar-refractivity contribution in [2.45, 2.75) is 13.5 Å². The number of nitriles is 1. The number of ether oxygens (including phenoxy) is 1. The Kier molecular flexibility index (Phi) is 4.56. The Morgan fingerprint density at radius 3 is 2.75 bits per heavy atom. The summed E-state index contributed by atoms with van der Waals surface area (Å²) in [5, 5.41) is 11.9. The molecule has 0 unspecified atom stereocenters. The highest BCUT2D eigenvalue weighted by atomic mass is 19.1. The van der Waals surface area contributed by atoms with E-state index in [1.54, 1.807) is 12.1 Å². The van der Waals surface area contributed by atoms with Crippen LogP contribution in [0.4, 0.5) is 10.1 Å². The average molecular weight is 270 g/mol. The van der Waals surface area contributed by atoms with Crippen molar-refractivity contribution in [2.75, 3.05) is 11.9 Å². The van der Waals surface area contributed by atoms with Gasteiger partial charge < -0.3 is 10.1 Å². The maximum Gasteiger partial charge on any atom is 0.142 e. The number of anilines is 1. The van der Waals surface area contributed by atoms with Gasteiger partial charge in [-0.3, -0.25) is 0 Å². The molecule has 0 amide bonds. The molecule has 4 heteroatoms. The standard InChI is InChI=1S/C16H15FN2O/c1-2-20-16-6-4-3-5-15(16)19-11-13-8-7-12(10-18)9-14(13)17/h3-9,19H,2,11H2,1H3. The minimum atomic E-state index is -0.384. The van der Waals surface area contributed by atoms with Crippen molar-refractivity contribution in [1.29, 1.82) is 5.26 Å². The quantitative estimate of drug-likeness (QED) is 0.900. The fourth-order valence-electron chi connectivity index (χ4n) is 1.84. The molecule has 1 N–H and O–H groups in total. The maximum atomic E-state index is 13.8. The summed E-state index contributed by atoms with van der Waals surface area (Å²) < 4.78 is 19.3. The third kappa shape index (κ3) is 3.27. The van der Waals surface area contributed by atoms with E-state index in [2.05, 4.69) is 5.32 Å². The van der Waals surface area contributed by atoms with Gasteiger partial charge in [-0.15, -0.1) is 0 Å². The largest absolute Gasteiger partial charge is 0.492 e. The second-order valence-corrected chi connectivity index (χ2v) is 4.20. The lowest BCUT2D eigenvalue weighted by atomic mass is 10.1. The van der Waals surface area contributed by atoms with Crippen LogP contribution in [-0.4, -0.2) is 6.61 Å². The van der Waals surface area contributed by atoms with E-state index >= 15 is 0 Å². The number of halogens is 1. The Morgan fingerprint density at radius 1 is 1.25 bits per heavy atom. The Bertz CT molecular complexity index is 635. The van der Waals surface area contributed by atoms with Crippen LogP contribution >= 0.6 is 0 Å². The van der Waals surface area contributed by atoms with Crippen LogP contribution in [0.1, 0.15) is 18.1 Å². The SMILES string of the molecule is CCOc1ccccc1NCc1ccc(C#N)cc1F. The van der Waals surface area contributed by atoms with Gasteiger partial charge in [-0.1, -0.05) is 18.2 Å². The summed E-state index contributed by atoms with van der Waals surface area (Å²) >= 11 is 0. The summed E-state index contributed by atoms with van der Waals surface area (Å²) in [6.07, 6.45) is 0. The van der Waals surface area contributed by atoms with Crippen LogP contribution in [-0.2, 0) is 6.54 Å². The highest BCUT2D eigenvalue weighted by Crippen LogP contribution is 2.24. The van der Waals surface area contributed by atoms with Gasteiger partial charge in [-0.25, -0.2) is 4.39 Å². The molecule has 0 bridgehead atoms. The van der Waals surface area contributed by atoms with Gasteiger partial charge in [-0.2, -0.15) is 5.26 Å². The molecule has 0 saturated carbocycles. The first kappa shape index (κ1) is 13.9. The zero-order valence-electron chi connectivity index (χ0n) is 11.2.